The largest absolute Gasteiger partial charge is 0.472 e. The first-order valence-corrected chi connectivity index (χ1v) is 42.6. The lowest BCUT2D eigenvalue weighted by Crippen LogP contribution is -2.30. The van der Waals surface area contributed by atoms with Crippen LogP contribution in [0.3, 0.4) is 0 Å². The van der Waals surface area contributed by atoms with Crippen LogP contribution in [0, 0.1) is 5.92 Å². The number of unbranched alkanes of at least 4 members (excludes halogenated alkanes) is 48. The Morgan fingerprint density at radius 2 is 0.484 bits per heavy atom. The minimum Gasteiger partial charge on any atom is -0.462 e. The standard InChI is InChI=1S/C76H148O17P2/c1-6-9-12-15-18-21-23-24-25-26-27-28-29-30-31-32-33-36-42-47-52-57-62-76(81)93-72(66-87-74(79)60-55-50-45-41-37-34-35-39-43-48-53-58-69(4)5)68-91-95(84,85)89-64-70(77)63-88-94(82,83)90-67-71(65-86-73(78)59-54-49-44-38-20-17-14-11-8-3)92-75(80)61-56-51-46-40-22-19-16-13-10-7-2/h69-72,77H,6-68H2,1-5H3,(H,82,83)(H,84,85)/t70-,71+,72+/m0/s1. The van der Waals surface area contributed by atoms with E-state index in [-0.39, 0.29) is 25.7 Å². The van der Waals surface area contributed by atoms with E-state index in [1.807, 2.05) is 0 Å². The van der Waals surface area contributed by atoms with Crippen molar-refractivity contribution in [3.05, 3.63) is 0 Å². The van der Waals surface area contributed by atoms with Gasteiger partial charge in [-0.15, -0.1) is 0 Å². The first-order chi connectivity index (χ1) is 46.0. The molecule has 3 N–H and O–H groups in total. The monoisotopic (exact) mass is 1400 g/mol. The number of aliphatic hydroxyl groups is 1. The van der Waals surface area contributed by atoms with E-state index in [0.717, 1.165) is 95.8 Å². The number of ether oxygens (including phenoxy) is 4. The molecule has 0 fully saturated rings. The molecule has 0 spiro atoms. The fraction of sp³-hybridized carbons (Fsp3) is 0.947. The fourth-order valence-electron chi connectivity index (χ4n) is 11.7. The molecule has 0 aliphatic rings. The molecule has 19 heteroatoms. The quantitative estimate of drug-likeness (QED) is 0.0222. The molecular formula is C76H148O17P2. The van der Waals surface area contributed by atoms with Crippen molar-refractivity contribution >= 4 is 39.5 Å². The van der Waals surface area contributed by atoms with Crippen molar-refractivity contribution in [3.8, 4) is 0 Å². The highest BCUT2D eigenvalue weighted by atomic mass is 31.2. The maximum Gasteiger partial charge on any atom is 0.472 e. The highest BCUT2D eigenvalue weighted by Crippen LogP contribution is 2.45. The Morgan fingerprint density at radius 1 is 0.284 bits per heavy atom. The average Bonchev–Trinajstić information content (AvgIpc) is 3.05. The van der Waals surface area contributed by atoms with Gasteiger partial charge in [0.15, 0.2) is 12.2 Å². The van der Waals surface area contributed by atoms with E-state index in [4.69, 9.17) is 37.0 Å². The number of rotatable bonds is 76. The van der Waals surface area contributed by atoms with Crippen molar-refractivity contribution in [1.82, 2.24) is 0 Å². The van der Waals surface area contributed by atoms with Gasteiger partial charge in [-0.1, -0.05) is 349 Å². The van der Waals surface area contributed by atoms with Gasteiger partial charge in [-0.3, -0.25) is 37.3 Å². The molecule has 0 aliphatic carbocycles. The summed E-state index contributed by atoms with van der Waals surface area (Å²) in [6.45, 7) is 7.26. The van der Waals surface area contributed by atoms with E-state index >= 15 is 0 Å². The second kappa shape index (κ2) is 69.2. The van der Waals surface area contributed by atoms with E-state index in [1.165, 1.54) is 225 Å². The molecule has 0 amide bonds. The number of carbonyl (C=O) groups is 4. The SMILES string of the molecule is CCCCCCCCCCCCCCCCCCCCCCCCC(=O)O[C@H](COC(=O)CCCCCCCCCCCCCC(C)C)COP(=O)(O)OC[C@@H](O)COP(=O)(O)OC[C@@H](COC(=O)CCCCCCCCCCC)OC(=O)CCCCCCCCCCCC. The van der Waals surface area contributed by atoms with Crippen LogP contribution >= 0.6 is 15.6 Å². The van der Waals surface area contributed by atoms with Gasteiger partial charge < -0.3 is 33.8 Å². The second-order valence-electron chi connectivity index (χ2n) is 27.9. The van der Waals surface area contributed by atoms with E-state index < -0.39 is 97.5 Å². The molecule has 0 saturated carbocycles. The molecule has 0 aromatic heterocycles. The molecule has 564 valence electrons. The molecule has 0 aliphatic heterocycles. The van der Waals surface area contributed by atoms with Crippen molar-refractivity contribution in [2.45, 2.75) is 419 Å². The Balaban J connectivity index is 5.16. The Morgan fingerprint density at radius 3 is 0.716 bits per heavy atom. The summed E-state index contributed by atoms with van der Waals surface area (Å²) in [5.74, 6) is -1.35. The van der Waals surface area contributed by atoms with Crippen LogP contribution < -0.4 is 0 Å². The summed E-state index contributed by atoms with van der Waals surface area (Å²) in [5.41, 5.74) is 0. The molecule has 5 atom stereocenters. The highest BCUT2D eigenvalue weighted by Gasteiger charge is 2.30. The third-order valence-corrected chi connectivity index (χ3v) is 19.7. The summed E-state index contributed by atoms with van der Waals surface area (Å²) in [6, 6.07) is 0. The Bertz CT molecular complexity index is 1820. The third-order valence-electron chi connectivity index (χ3n) is 17.8. The van der Waals surface area contributed by atoms with Gasteiger partial charge in [-0.05, 0) is 31.6 Å². The van der Waals surface area contributed by atoms with Gasteiger partial charge in [-0.25, -0.2) is 9.13 Å². The number of esters is 4. The molecule has 2 unspecified atom stereocenters. The smallest absolute Gasteiger partial charge is 0.462 e. The van der Waals surface area contributed by atoms with Gasteiger partial charge in [0.1, 0.15) is 19.3 Å². The minimum absolute atomic E-state index is 0.107. The Kier molecular flexibility index (Phi) is 67.7. The summed E-state index contributed by atoms with van der Waals surface area (Å²) in [4.78, 5) is 72.7. The first kappa shape index (κ1) is 93.1. The number of hydrogen-bond donors (Lipinski definition) is 3. The van der Waals surface area contributed by atoms with Gasteiger partial charge in [0, 0.05) is 25.7 Å². The van der Waals surface area contributed by atoms with Gasteiger partial charge in [-0.2, -0.15) is 0 Å². The minimum atomic E-state index is -4.96. The summed E-state index contributed by atoms with van der Waals surface area (Å²) < 4.78 is 68.4. The van der Waals surface area contributed by atoms with Crippen LogP contribution in [-0.4, -0.2) is 96.7 Å². The number of hydrogen-bond acceptors (Lipinski definition) is 15. The molecule has 0 aromatic rings. The van der Waals surface area contributed by atoms with Crippen LogP contribution in [0.15, 0.2) is 0 Å². The molecule has 0 rings (SSSR count). The number of aliphatic hydroxyl groups excluding tert-OH is 1. The zero-order chi connectivity index (χ0) is 69.8. The zero-order valence-electron chi connectivity index (χ0n) is 61.8. The normalized spacial score (nSPS) is 13.9. The Hall–Kier alpha value is -1.94. The topological polar surface area (TPSA) is 237 Å². The molecule has 0 aromatic carbocycles. The first-order valence-electron chi connectivity index (χ1n) is 39.6. The number of phosphoric ester groups is 2. The van der Waals surface area contributed by atoms with E-state index in [1.54, 1.807) is 0 Å². The van der Waals surface area contributed by atoms with E-state index in [0.29, 0.717) is 25.7 Å². The maximum absolute atomic E-state index is 13.1. The summed E-state index contributed by atoms with van der Waals surface area (Å²) in [7, 11) is -9.90. The predicted octanol–water partition coefficient (Wildman–Crippen LogP) is 22.5. The predicted molar refractivity (Wildman–Crippen MR) is 386 cm³/mol. The lowest BCUT2D eigenvalue weighted by atomic mass is 10.0. The number of carbonyl (C=O) groups excluding carboxylic acids is 4. The molecule has 95 heavy (non-hydrogen) atoms. The van der Waals surface area contributed by atoms with Crippen LogP contribution in [0.1, 0.15) is 401 Å². The van der Waals surface area contributed by atoms with Crippen LogP contribution in [0.5, 0.6) is 0 Å². The van der Waals surface area contributed by atoms with Crippen molar-refractivity contribution in [2.75, 3.05) is 39.6 Å². The second-order valence-corrected chi connectivity index (χ2v) is 30.8. The van der Waals surface area contributed by atoms with E-state index in [2.05, 4.69) is 34.6 Å². The molecule has 0 saturated heterocycles. The Labute approximate surface area is 581 Å². The zero-order valence-corrected chi connectivity index (χ0v) is 63.6. The lowest BCUT2D eigenvalue weighted by Gasteiger charge is -2.21. The van der Waals surface area contributed by atoms with Crippen LogP contribution in [0.25, 0.3) is 0 Å². The van der Waals surface area contributed by atoms with Crippen molar-refractivity contribution in [2.24, 2.45) is 5.92 Å². The lowest BCUT2D eigenvalue weighted by molar-refractivity contribution is -0.161. The third kappa shape index (κ3) is 70.3. The van der Waals surface area contributed by atoms with Crippen molar-refractivity contribution in [1.29, 1.82) is 0 Å². The molecule has 17 nitrogen and oxygen atoms in total. The fourth-order valence-corrected chi connectivity index (χ4v) is 13.3. The molecular weight excluding hydrogens is 1250 g/mol. The summed E-state index contributed by atoms with van der Waals surface area (Å²) in [5, 5.41) is 10.6. The average molecular weight is 1400 g/mol. The van der Waals surface area contributed by atoms with Crippen LogP contribution in [0.2, 0.25) is 0 Å². The molecule has 0 bridgehead atoms. The molecule has 0 radical (unpaired) electrons. The maximum atomic E-state index is 13.1. The van der Waals surface area contributed by atoms with Crippen LogP contribution in [-0.2, 0) is 65.4 Å². The summed E-state index contributed by atoms with van der Waals surface area (Å²) >= 11 is 0. The highest BCUT2D eigenvalue weighted by molar-refractivity contribution is 7.47. The van der Waals surface area contributed by atoms with Gasteiger partial charge in [0.05, 0.1) is 26.4 Å². The number of phosphoric acid groups is 2. The van der Waals surface area contributed by atoms with Crippen molar-refractivity contribution < 1.29 is 80.2 Å². The van der Waals surface area contributed by atoms with Crippen molar-refractivity contribution in [3.63, 3.8) is 0 Å². The van der Waals surface area contributed by atoms with Gasteiger partial charge >= 0.3 is 39.5 Å². The van der Waals surface area contributed by atoms with E-state index in [9.17, 15) is 43.2 Å². The van der Waals surface area contributed by atoms with Crippen LogP contribution in [0.4, 0.5) is 0 Å². The van der Waals surface area contributed by atoms with Gasteiger partial charge in [0.25, 0.3) is 0 Å². The molecule has 0 heterocycles. The van der Waals surface area contributed by atoms with Gasteiger partial charge in [0.2, 0.25) is 0 Å². The summed E-state index contributed by atoms with van der Waals surface area (Å²) in [6.07, 6.45) is 58.4.